The van der Waals surface area contributed by atoms with Crippen LogP contribution in [0, 0.1) is 0 Å². The highest BCUT2D eigenvalue weighted by molar-refractivity contribution is 5.96. The van der Waals surface area contributed by atoms with E-state index in [2.05, 4.69) is 22.2 Å². The number of amides is 3. The number of nitrogens with two attached hydrogens (primary N) is 1. The Bertz CT molecular complexity index is 1050. The first-order valence-electron chi connectivity index (χ1n) is 9.96. The smallest absolute Gasteiger partial charge is 0.330 e. The van der Waals surface area contributed by atoms with Crippen molar-refractivity contribution in [2.24, 2.45) is 0 Å². The van der Waals surface area contributed by atoms with Gasteiger partial charge in [-0.1, -0.05) is 36.4 Å². The highest BCUT2D eigenvalue weighted by Gasteiger charge is 2.22. The summed E-state index contributed by atoms with van der Waals surface area (Å²) in [4.78, 5) is 52.9. The number of carbonyl (C=O) groups excluding carboxylic acids is 2. The first-order valence-corrected chi connectivity index (χ1v) is 9.96. The van der Waals surface area contributed by atoms with Crippen LogP contribution in [0.4, 0.5) is 16.3 Å². The minimum Gasteiger partial charge on any atom is -0.385 e. The Balaban J connectivity index is 2.35. The summed E-state index contributed by atoms with van der Waals surface area (Å²) < 4.78 is 6.28. The lowest BCUT2D eigenvalue weighted by Gasteiger charge is -2.25. The van der Waals surface area contributed by atoms with Gasteiger partial charge in [0, 0.05) is 26.8 Å². The van der Waals surface area contributed by atoms with Crippen molar-refractivity contribution in [2.45, 2.75) is 13.0 Å². The lowest BCUT2D eigenvalue weighted by atomic mass is 10.2. The van der Waals surface area contributed by atoms with E-state index in [4.69, 9.17) is 10.5 Å². The Morgan fingerprint density at radius 2 is 2.00 bits per heavy atom. The third-order valence-corrected chi connectivity index (χ3v) is 4.48. The van der Waals surface area contributed by atoms with Gasteiger partial charge in [-0.3, -0.25) is 24.5 Å². The Morgan fingerprint density at radius 1 is 1.28 bits per heavy atom. The van der Waals surface area contributed by atoms with Gasteiger partial charge in [-0.25, -0.2) is 9.59 Å². The molecule has 172 valence electrons. The van der Waals surface area contributed by atoms with E-state index in [9.17, 15) is 19.2 Å². The molecule has 11 nitrogen and oxygen atoms in total. The second-order valence-corrected chi connectivity index (χ2v) is 6.88. The van der Waals surface area contributed by atoms with Crippen molar-refractivity contribution < 1.29 is 14.3 Å². The number of urea groups is 1. The van der Waals surface area contributed by atoms with Crippen LogP contribution in [0.15, 0.2) is 52.6 Å². The number of nitrogens with one attached hydrogen (secondary N) is 3. The normalized spacial score (nSPS) is 10.4. The van der Waals surface area contributed by atoms with E-state index in [1.165, 1.54) is 22.7 Å². The molecule has 0 atom stereocenters. The summed E-state index contributed by atoms with van der Waals surface area (Å²) in [6.07, 6.45) is 1.94. The summed E-state index contributed by atoms with van der Waals surface area (Å²) in [6.45, 7) is 4.07. The van der Waals surface area contributed by atoms with Gasteiger partial charge in [0.1, 0.15) is 11.5 Å². The zero-order chi connectivity index (χ0) is 23.5. The fourth-order valence-corrected chi connectivity index (χ4v) is 3.02. The topological polar surface area (TPSA) is 152 Å². The zero-order valence-corrected chi connectivity index (χ0v) is 17.9. The van der Waals surface area contributed by atoms with Crippen molar-refractivity contribution in [3.63, 3.8) is 0 Å². The number of aromatic nitrogens is 2. The summed E-state index contributed by atoms with van der Waals surface area (Å²) in [6, 6.07) is 8.44. The van der Waals surface area contributed by atoms with Crippen molar-refractivity contribution in [1.29, 1.82) is 0 Å². The summed E-state index contributed by atoms with van der Waals surface area (Å²) in [5.74, 6) is -0.729. The molecule has 32 heavy (non-hydrogen) atoms. The Labute approximate surface area is 184 Å². The first-order chi connectivity index (χ1) is 15.4. The van der Waals surface area contributed by atoms with Gasteiger partial charge in [0.25, 0.3) is 5.56 Å². The second kappa shape index (κ2) is 12.1. The molecular formula is C21H28N6O5. The number of aromatic amines is 1. The van der Waals surface area contributed by atoms with E-state index in [0.29, 0.717) is 13.0 Å². The maximum atomic E-state index is 12.6. The van der Waals surface area contributed by atoms with E-state index in [-0.39, 0.29) is 37.7 Å². The molecule has 0 bridgehead atoms. The lowest BCUT2D eigenvalue weighted by molar-refractivity contribution is -0.118. The monoisotopic (exact) mass is 444 g/mol. The van der Waals surface area contributed by atoms with Gasteiger partial charge < -0.3 is 20.7 Å². The molecule has 1 aromatic heterocycles. The highest BCUT2D eigenvalue weighted by Crippen LogP contribution is 2.18. The van der Waals surface area contributed by atoms with Gasteiger partial charge in [-0.05, 0) is 12.0 Å². The van der Waals surface area contributed by atoms with Gasteiger partial charge in [0.15, 0.2) is 0 Å². The zero-order valence-electron chi connectivity index (χ0n) is 17.9. The predicted molar refractivity (Wildman–Crippen MR) is 122 cm³/mol. The van der Waals surface area contributed by atoms with Crippen molar-refractivity contribution >= 4 is 23.4 Å². The molecule has 0 radical (unpaired) electrons. The molecule has 11 heteroatoms. The average Bonchev–Trinajstić information content (AvgIpc) is 2.75. The number of rotatable bonds is 11. The first kappa shape index (κ1) is 24.4. The number of hydrogen-bond acceptors (Lipinski definition) is 7. The SMILES string of the molecule is C=CCNC(=O)NC(=O)CN(CCCOC)c1c(N)n(Cc2ccccc2)c(=O)[nH]c1=O. The minimum atomic E-state index is -0.724. The van der Waals surface area contributed by atoms with Crippen LogP contribution in [0.2, 0.25) is 0 Å². The van der Waals surface area contributed by atoms with Crippen molar-refractivity contribution in [2.75, 3.05) is 44.0 Å². The standard InChI is InChI=1S/C21H28N6O5/c1-3-10-23-20(30)24-16(28)14-26(11-7-12-32-2)17-18(22)27(21(31)25-19(17)29)13-15-8-5-4-6-9-15/h3-6,8-9H,1,7,10-14,22H2,2H3,(H,25,29,31)(H2,23,24,28,30). The molecule has 0 spiro atoms. The molecule has 2 aromatic rings. The van der Waals surface area contributed by atoms with Crippen molar-refractivity contribution in [3.05, 3.63) is 69.4 Å². The Hall–Kier alpha value is -3.86. The van der Waals surface area contributed by atoms with E-state index < -0.39 is 23.2 Å². The minimum absolute atomic E-state index is 0.0294. The molecule has 1 aromatic carbocycles. The largest absolute Gasteiger partial charge is 0.385 e. The summed E-state index contributed by atoms with van der Waals surface area (Å²) in [7, 11) is 1.53. The molecule has 0 saturated heterocycles. The molecule has 0 unspecified atom stereocenters. The molecule has 1 heterocycles. The van der Waals surface area contributed by atoms with Crippen LogP contribution in [0.25, 0.3) is 0 Å². The molecular weight excluding hydrogens is 416 g/mol. The number of methoxy groups -OCH3 is 1. The Kier molecular flexibility index (Phi) is 9.23. The maximum absolute atomic E-state index is 12.6. The number of carbonyl (C=O) groups is 2. The van der Waals surface area contributed by atoms with Gasteiger partial charge in [-0.2, -0.15) is 0 Å². The fraction of sp³-hybridized carbons (Fsp3) is 0.333. The van der Waals surface area contributed by atoms with Gasteiger partial charge in [0.2, 0.25) is 5.91 Å². The average molecular weight is 444 g/mol. The van der Waals surface area contributed by atoms with Crippen LogP contribution in [0.3, 0.4) is 0 Å². The third-order valence-electron chi connectivity index (χ3n) is 4.48. The molecule has 0 aliphatic heterocycles. The predicted octanol–water partition coefficient (Wildman–Crippen LogP) is 0.0218. The Morgan fingerprint density at radius 3 is 2.66 bits per heavy atom. The van der Waals surface area contributed by atoms with E-state index in [1.807, 2.05) is 30.3 Å². The summed E-state index contributed by atoms with van der Waals surface area (Å²) >= 11 is 0. The third kappa shape index (κ3) is 6.84. The number of imide groups is 1. The number of H-pyrrole nitrogens is 1. The molecule has 2 rings (SSSR count). The highest BCUT2D eigenvalue weighted by atomic mass is 16.5. The second-order valence-electron chi connectivity index (χ2n) is 6.88. The van der Waals surface area contributed by atoms with Crippen LogP contribution >= 0.6 is 0 Å². The number of benzene rings is 1. The summed E-state index contributed by atoms with van der Waals surface area (Å²) in [5.41, 5.74) is 5.62. The summed E-state index contributed by atoms with van der Waals surface area (Å²) in [5, 5.41) is 4.61. The fourth-order valence-electron chi connectivity index (χ4n) is 3.02. The van der Waals surface area contributed by atoms with Crippen LogP contribution in [-0.4, -0.2) is 54.8 Å². The number of anilines is 2. The number of ether oxygens (including phenoxy) is 1. The lowest BCUT2D eigenvalue weighted by Crippen LogP contribution is -2.47. The molecule has 0 fully saturated rings. The number of nitrogen functional groups attached to an aromatic ring is 1. The van der Waals surface area contributed by atoms with Crippen LogP contribution in [0.1, 0.15) is 12.0 Å². The molecule has 5 N–H and O–H groups in total. The van der Waals surface area contributed by atoms with Crippen molar-refractivity contribution in [3.8, 4) is 0 Å². The van der Waals surface area contributed by atoms with Crippen LogP contribution in [-0.2, 0) is 16.1 Å². The molecule has 0 aliphatic carbocycles. The molecule has 3 amide bonds. The van der Waals surface area contributed by atoms with E-state index in [1.54, 1.807) is 0 Å². The maximum Gasteiger partial charge on any atom is 0.330 e. The van der Waals surface area contributed by atoms with Crippen molar-refractivity contribution in [1.82, 2.24) is 20.2 Å². The quantitative estimate of drug-likeness (QED) is 0.282. The molecule has 0 aliphatic rings. The van der Waals surface area contributed by atoms with E-state index in [0.717, 1.165) is 5.56 Å². The van der Waals surface area contributed by atoms with Gasteiger partial charge >= 0.3 is 11.7 Å². The number of hydrogen-bond donors (Lipinski definition) is 4. The van der Waals surface area contributed by atoms with Crippen LogP contribution < -0.4 is 32.5 Å². The van der Waals surface area contributed by atoms with E-state index >= 15 is 0 Å². The van der Waals surface area contributed by atoms with Gasteiger partial charge in [-0.15, -0.1) is 6.58 Å². The van der Waals surface area contributed by atoms with Gasteiger partial charge in [0.05, 0.1) is 13.1 Å². The van der Waals surface area contributed by atoms with Crippen LogP contribution in [0.5, 0.6) is 0 Å². The molecule has 0 saturated carbocycles. The number of nitrogens with zero attached hydrogens (tertiary/aromatic N) is 2.